The van der Waals surface area contributed by atoms with Crippen LogP contribution in [0.1, 0.15) is 0 Å². The lowest BCUT2D eigenvalue weighted by Crippen LogP contribution is -2.04. The van der Waals surface area contributed by atoms with Gasteiger partial charge in [0.05, 0.1) is 38.8 Å². The van der Waals surface area contributed by atoms with Crippen molar-refractivity contribution in [1.82, 2.24) is 18.9 Å². The summed E-state index contributed by atoms with van der Waals surface area (Å²) >= 11 is 1.87. The van der Waals surface area contributed by atoms with E-state index in [1.165, 1.54) is 69.0 Å². The molecule has 0 aliphatic rings. The smallest absolute Gasteiger partial charge is 0.235 e. The van der Waals surface area contributed by atoms with E-state index in [-0.39, 0.29) is 0 Å². The van der Waals surface area contributed by atoms with Crippen molar-refractivity contribution in [3.8, 4) is 28.3 Å². The van der Waals surface area contributed by atoms with Gasteiger partial charge in [-0.1, -0.05) is 146 Å². The molecule has 14 rings (SSSR count). The molecule has 4 nitrogen and oxygen atoms in total. The number of thiophene rings is 1. The highest BCUT2D eigenvalue weighted by Gasteiger charge is 2.27. The van der Waals surface area contributed by atoms with Gasteiger partial charge in [-0.2, -0.15) is 0 Å². The minimum absolute atomic E-state index is 0.659. The van der Waals surface area contributed by atoms with Crippen LogP contribution in [0.2, 0.25) is 0 Å². The lowest BCUT2D eigenvalue weighted by Gasteiger charge is -2.16. The van der Waals surface area contributed by atoms with E-state index in [2.05, 4.69) is 191 Å². The van der Waals surface area contributed by atoms with E-state index in [1.54, 1.807) is 0 Å². The SMILES string of the molecule is c1ccc(-c2ccccc2-c2nc(-n3c4cc5sc6ccccc6c5c5c6cccc7c8ccccc8n(c8cccc3c8c54)c76)nc3c2ccc2ccccc23)cc1. The first-order valence-corrected chi connectivity index (χ1v) is 20.9. The van der Waals surface area contributed by atoms with E-state index in [1.807, 2.05) is 11.3 Å². The summed E-state index contributed by atoms with van der Waals surface area (Å²) in [4.78, 5) is 11.3. The molecule has 0 spiro atoms. The first kappa shape index (κ1) is 31.5. The summed E-state index contributed by atoms with van der Waals surface area (Å²) in [7, 11) is 0. The molecule has 5 heteroatoms. The highest BCUT2D eigenvalue weighted by Crippen LogP contribution is 2.50. The molecule has 0 atom stereocenters. The molecule has 0 N–H and O–H groups in total. The monoisotopic (exact) mass is 766 g/mol. The summed E-state index contributed by atoms with van der Waals surface area (Å²) in [5.74, 6) is 0.659. The van der Waals surface area contributed by atoms with Crippen LogP contribution >= 0.6 is 11.3 Å². The van der Waals surface area contributed by atoms with Crippen LogP contribution in [0.25, 0.3) is 130 Å². The number of rotatable bonds is 3. The molecule has 14 aromatic rings. The number of hydrogen-bond acceptors (Lipinski definition) is 3. The molecule has 59 heavy (non-hydrogen) atoms. The molecular formula is C54H30N4S. The molecule has 0 unspecified atom stereocenters. The third kappa shape index (κ3) is 4.11. The number of hydrogen-bond donors (Lipinski definition) is 0. The van der Waals surface area contributed by atoms with Gasteiger partial charge in [-0.25, -0.2) is 9.97 Å². The largest absolute Gasteiger partial charge is 0.308 e. The van der Waals surface area contributed by atoms with Crippen LogP contribution < -0.4 is 0 Å². The predicted molar refractivity (Wildman–Crippen MR) is 250 cm³/mol. The second-order valence-electron chi connectivity index (χ2n) is 15.6. The number of benzene rings is 9. The fourth-order valence-electron chi connectivity index (χ4n) is 10.3. The second-order valence-corrected chi connectivity index (χ2v) is 16.7. The number of fused-ring (bicyclic) bond motifs is 12. The van der Waals surface area contributed by atoms with Crippen LogP contribution in [-0.4, -0.2) is 18.9 Å². The van der Waals surface area contributed by atoms with Gasteiger partial charge in [-0.05, 0) is 52.9 Å². The van der Waals surface area contributed by atoms with Crippen molar-refractivity contribution in [3.63, 3.8) is 0 Å². The van der Waals surface area contributed by atoms with Crippen molar-refractivity contribution in [2.45, 2.75) is 0 Å². The van der Waals surface area contributed by atoms with Crippen LogP contribution in [0, 0.1) is 0 Å². The van der Waals surface area contributed by atoms with E-state index in [9.17, 15) is 0 Å². The van der Waals surface area contributed by atoms with Gasteiger partial charge in [0, 0.05) is 68.8 Å². The van der Waals surface area contributed by atoms with Gasteiger partial charge in [0.25, 0.3) is 0 Å². The van der Waals surface area contributed by atoms with Gasteiger partial charge in [0.15, 0.2) is 0 Å². The van der Waals surface area contributed by atoms with Crippen molar-refractivity contribution in [1.29, 1.82) is 0 Å². The zero-order valence-electron chi connectivity index (χ0n) is 31.5. The van der Waals surface area contributed by atoms with Gasteiger partial charge in [-0.3, -0.25) is 4.57 Å². The fourth-order valence-corrected chi connectivity index (χ4v) is 11.4. The third-order valence-corrected chi connectivity index (χ3v) is 13.8. The Kier molecular flexibility index (Phi) is 6.14. The molecule has 9 aromatic carbocycles. The Morgan fingerprint density at radius 2 is 1.08 bits per heavy atom. The lowest BCUT2D eigenvalue weighted by molar-refractivity contribution is 1.02. The standard InChI is InChI=1S/C54H30N4S/c1-2-14-31(15-3-1)33-17-6-7-20-36(33)52-40-29-28-32-16-4-5-18-34(32)51(40)55-54(56-52)58-43-26-13-25-42-49(43)50-44(58)30-46-47(38-21-9-11-27-45(38)59-46)48(50)39-23-12-22-37-35-19-8-10-24-41(35)57(42)53(37)39/h1-30H. The summed E-state index contributed by atoms with van der Waals surface area (Å²) in [6.45, 7) is 0. The van der Waals surface area contributed by atoms with Crippen LogP contribution in [0.15, 0.2) is 182 Å². The topological polar surface area (TPSA) is 35.1 Å². The number of para-hydroxylation sites is 2. The highest BCUT2D eigenvalue weighted by atomic mass is 32.1. The average Bonchev–Trinajstić information content (AvgIpc) is 3.93. The minimum Gasteiger partial charge on any atom is -0.308 e. The van der Waals surface area contributed by atoms with Crippen molar-refractivity contribution in [2.24, 2.45) is 0 Å². The van der Waals surface area contributed by atoms with Gasteiger partial charge in [0.2, 0.25) is 5.95 Å². The molecule has 0 radical (unpaired) electrons. The summed E-state index contributed by atoms with van der Waals surface area (Å²) in [5, 5.41) is 13.4. The Hall–Kier alpha value is -7.60. The molecule has 0 fully saturated rings. The van der Waals surface area contributed by atoms with Crippen LogP contribution in [0.5, 0.6) is 0 Å². The van der Waals surface area contributed by atoms with Crippen molar-refractivity contribution < 1.29 is 0 Å². The molecule has 0 aliphatic heterocycles. The van der Waals surface area contributed by atoms with Crippen molar-refractivity contribution >= 4 is 113 Å². The molecule has 0 bridgehead atoms. The lowest BCUT2D eigenvalue weighted by atomic mass is 9.95. The quantitative estimate of drug-likeness (QED) is 0.168. The zero-order valence-corrected chi connectivity index (χ0v) is 32.3. The second kappa shape index (κ2) is 11.5. The van der Waals surface area contributed by atoms with Crippen LogP contribution in [-0.2, 0) is 0 Å². The molecular weight excluding hydrogens is 737 g/mol. The van der Waals surface area contributed by atoms with Crippen LogP contribution in [0.3, 0.4) is 0 Å². The predicted octanol–water partition coefficient (Wildman–Crippen LogP) is 14.7. The maximum Gasteiger partial charge on any atom is 0.235 e. The van der Waals surface area contributed by atoms with Crippen molar-refractivity contribution in [3.05, 3.63) is 182 Å². The van der Waals surface area contributed by atoms with Crippen LogP contribution in [0.4, 0.5) is 0 Å². The summed E-state index contributed by atoms with van der Waals surface area (Å²) in [6.07, 6.45) is 0. The molecule has 272 valence electrons. The summed E-state index contributed by atoms with van der Waals surface area (Å²) in [6, 6.07) is 66.1. The first-order chi connectivity index (χ1) is 29.3. The fraction of sp³-hybridized carbons (Fsp3) is 0. The number of aromatic nitrogens is 4. The normalized spacial score (nSPS) is 12.4. The van der Waals surface area contributed by atoms with Gasteiger partial charge in [-0.15, -0.1) is 11.3 Å². The minimum atomic E-state index is 0.659. The Labute approximate surface area is 340 Å². The van der Waals surface area contributed by atoms with Crippen molar-refractivity contribution in [2.75, 3.05) is 0 Å². The Bertz CT molecular complexity index is 4080. The first-order valence-electron chi connectivity index (χ1n) is 20.1. The highest BCUT2D eigenvalue weighted by molar-refractivity contribution is 7.26. The van der Waals surface area contributed by atoms with Gasteiger partial charge in [0.1, 0.15) is 0 Å². The van der Waals surface area contributed by atoms with E-state index < -0.39 is 0 Å². The molecule has 0 saturated heterocycles. The summed E-state index contributed by atoms with van der Waals surface area (Å²) in [5.41, 5.74) is 11.0. The maximum atomic E-state index is 5.70. The van der Waals surface area contributed by atoms with E-state index in [0.29, 0.717) is 5.95 Å². The Balaban J connectivity index is 1.23. The zero-order chi connectivity index (χ0) is 38.3. The summed E-state index contributed by atoms with van der Waals surface area (Å²) < 4.78 is 7.41. The molecule has 0 saturated carbocycles. The number of nitrogens with zero attached hydrogens (tertiary/aromatic N) is 4. The third-order valence-electron chi connectivity index (χ3n) is 12.7. The maximum absolute atomic E-state index is 5.70. The van der Waals surface area contributed by atoms with Gasteiger partial charge >= 0.3 is 0 Å². The Morgan fingerprint density at radius 3 is 2.00 bits per heavy atom. The molecule has 0 amide bonds. The van der Waals surface area contributed by atoms with Gasteiger partial charge < -0.3 is 4.40 Å². The molecule has 0 aliphatic carbocycles. The molecule has 5 aromatic heterocycles. The van der Waals surface area contributed by atoms with E-state index in [0.717, 1.165) is 55.1 Å². The van der Waals surface area contributed by atoms with E-state index in [4.69, 9.17) is 9.97 Å². The molecule has 5 heterocycles. The average molecular weight is 767 g/mol. The Morgan fingerprint density at radius 1 is 0.390 bits per heavy atom. The van der Waals surface area contributed by atoms with E-state index >= 15 is 0 Å².